The lowest BCUT2D eigenvalue weighted by atomic mass is 9.96. The first-order chi connectivity index (χ1) is 16.2. The standard InChI is InChI=1S/C25H28ClN3O4S/c1-28-16-21(25(31)27-15-17-8-6-7-11-22(17)26)24(30)20-14-19(12-13-23(20)28)34(32,33)29(2)18-9-4-3-5-10-18/h6-8,11-14,16,18H,3-5,9-10,15H2,1-2H3,(H,27,31). The number of rotatable bonds is 6. The molecule has 2 aromatic carbocycles. The van der Waals surface area contributed by atoms with Crippen molar-refractivity contribution >= 4 is 38.4 Å². The van der Waals surface area contributed by atoms with Gasteiger partial charge < -0.3 is 9.88 Å². The van der Waals surface area contributed by atoms with Gasteiger partial charge in [-0.15, -0.1) is 0 Å². The van der Waals surface area contributed by atoms with Crippen LogP contribution < -0.4 is 10.7 Å². The number of sulfonamides is 1. The van der Waals surface area contributed by atoms with Crippen molar-refractivity contribution in [2.75, 3.05) is 7.05 Å². The van der Waals surface area contributed by atoms with Gasteiger partial charge in [-0.3, -0.25) is 9.59 Å². The number of pyridine rings is 1. The van der Waals surface area contributed by atoms with E-state index in [0.717, 1.165) is 37.7 Å². The minimum atomic E-state index is -3.77. The molecule has 0 saturated heterocycles. The van der Waals surface area contributed by atoms with Crippen molar-refractivity contribution in [3.63, 3.8) is 0 Å². The molecule has 0 unspecified atom stereocenters. The Morgan fingerprint density at radius 1 is 1.15 bits per heavy atom. The summed E-state index contributed by atoms with van der Waals surface area (Å²) in [5, 5.41) is 3.44. The van der Waals surface area contributed by atoms with Gasteiger partial charge in [-0.05, 0) is 42.7 Å². The van der Waals surface area contributed by atoms with E-state index in [9.17, 15) is 18.0 Å². The average molecular weight is 502 g/mol. The van der Waals surface area contributed by atoms with Crippen LogP contribution in [0, 0.1) is 0 Å². The Labute approximate surface area is 204 Å². The SMILES string of the molecule is CN(C1CCCCC1)S(=O)(=O)c1ccc2c(c1)c(=O)c(C(=O)NCc1ccccc1Cl)cn2C. The largest absolute Gasteiger partial charge is 0.350 e. The number of aromatic nitrogens is 1. The van der Waals surface area contributed by atoms with Gasteiger partial charge in [-0.25, -0.2) is 8.42 Å². The van der Waals surface area contributed by atoms with Crippen molar-refractivity contribution in [3.8, 4) is 0 Å². The van der Waals surface area contributed by atoms with Crippen LogP contribution in [0.2, 0.25) is 5.02 Å². The number of fused-ring (bicyclic) bond motifs is 1. The predicted molar refractivity (Wildman–Crippen MR) is 134 cm³/mol. The van der Waals surface area contributed by atoms with E-state index in [1.807, 2.05) is 6.07 Å². The molecule has 1 heterocycles. The number of amides is 1. The van der Waals surface area contributed by atoms with Gasteiger partial charge in [0.2, 0.25) is 15.5 Å². The van der Waals surface area contributed by atoms with Crippen LogP contribution >= 0.6 is 11.6 Å². The van der Waals surface area contributed by atoms with Crippen LogP contribution in [0.4, 0.5) is 0 Å². The monoisotopic (exact) mass is 501 g/mol. The second kappa shape index (κ2) is 9.90. The molecule has 1 aliphatic rings. The summed E-state index contributed by atoms with van der Waals surface area (Å²) in [6.45, 7) is 0.167. The molecular weight excluding hydrogens is 474 g/mol. The normalized spacial score (nSPS) is 15.1. The fourth-order valence-corrected chi connectivity index (χ4v) is 6.16. The Kier molecular flexibility index (Phi) is 7.12. The maximum Gasteiger partial charge on any atom is 0.257 e. The van der Waals surface area contributed by atoms with Crippen LogP contribution in [0.5, 0.6) is 0 Å². The van der Waals surface area contributed by atoms with Crippen molar-refractivity contribution in [3.05, 3.63) is 75.0 Å². The van der Waals surface area contributed by atoms with Crippen LogP contribution in [-0.2, 0) is 23.6 Å². The molecule has 4 rings (SSSR count). The summed E-state index contributed by atoms with van der Waals surface area (Å²) < 4.78 is 29.7. The molecule has 0 bridgehead atoms. The van der Waals surface area contributed by atoms with Gasteiger partial charge in [0.1, 0.15) is 5.56 Å². The van der Waals surface area contributed by atoms with Crippen molar-refractivity contribution in [2.45, 2.75) is 49.6 Å². The molecule has 1 aliphatic carbocycles. The number of nitrogens with zero attached hydrogens (tertiary/aromatic N) is 2. The molecule has 1 saturated carbocycles. The summed E-state index contributed by atoms with van der Waals surface area (Å²) in [6, 6.07) is 11.6. The van der Waals surface area contributed by atoms with Crippen molar-refractivity contribution < 1.29 is 13.2 Å². The van der Waals surface area contributed by atoms with E-state index in [-0.39, 0.29) is 28.4 Å². The number of hydrogen-bond donors (Lipinski definition) is 1. The highest BCUT2D eigenvalue weighted by Crippen LogP contribution is 2.27. The van der Waals surface area contributed by atoms with E-state index >= 15 is 0 Å². The number of carbonyl (C=O) groups is 1. The van der Waals surface area contributed by atoms with E-state index in [1.165, 1.54) is 22.6 Å². The molecule has 7 nitrogen and oxygen atoms in total. The van der Waals surface area contributed by atoms with Crippen molar-refractivity contribution in [2.24, 2.45) is 7.05 Å². The van der Waals surface area contributed by atoms with Crippen LogP contribution in [0.3, 0.4) is 0 Å². The molecule has 1 fully saturated rings. The van der Waals surface area contributed by atoms with Crippen molar-refractivity contribution in [1.82, 2.24) is 14.2 Å². The van der Waals surface area contributed by atoms with Gasteiger partial charge in [-0.2, -0.15) is 4.31 Å². The molecule has 1 N–H and O–H groups in total. The predicted octanol–water partition coefficient (Wildman–Crippen LogP) is 4.08. The number of halogens is 1. The third kappa shape index (κ3) is 4.76. The first kappa shape index (κ1) is 24.4. The summed E-state index contributed by atoms with van der Waals surface area (Å²) >= 11 is 6.15. The molecule has 1 aromatic heterocycles. The Morgan fingerprint density at radius 3 is 2.56 bits per heavy atom. The van der Waals surface area contributed by atoms with Gasteiger partial charge in [0.15, 0.2) is 0 Å². The number of carbonyl (C=O) groups excluding carboxylic acids is 1. The average Bonchev–Trinajstić information content (AvgIpc) is 2.85. The van der Waals surface area contributed by atoms with E-state index in [1.54, 1.807) is 42.9 Å². The van der Waals surface area contributed by atoms with Crippen LogP contribution in [0.25, 0.3) is 10.9 Å². The third-order valence-electron chi connectivity index (χ3n) is 6.57. The lowest BCUT2D eigenvalue weighted by Gasteiger charge is -2.30. The van der Waals surface area contributed by atoms with Crippen LogP contribution in [0.1, 0.15) is 48.0 Å². The number of hydrogen-bond acceptors (Lipinski definition) is 4. The second-order valence-corrected chi connectivity index (χ2v) is 11.2. The summed E-state index contributed by atoms with van der Waals surface area (Å²) in [5.74, 6) is -0.546. The third-order valence-corrected chi connectivity index (χ3v) is 8.84. The molecule has 0 aliphatic heterocycles. The fourth-order valence-electron chi connectivity index (χ4n) is 4.51. The highest BCUT2D eigenvalue weighted by atomic mass is 35.5. The van der Waals surface area contributed by atoms with Gasteiger partial charge in [0.25, 0.3) is 5.91 Å². The number of benzene rings is 2. The Bertz CT molecular complexity index is 1400. The molecule has 180 valence electrons. The van der Waals surface area contributed by atoms with E-state index < -0.39 is 21.4 Å². The Balaban J connectivity index is 1.67. The minimum absolute atomic E-state index is 0.0424. The molecule has 0 atom stereocenters. The zero-order chi connectivity index (χ0) is 24.5. The highest BCUT2D eigenvalue weighted by molar-refractivity contribution is 7.89. The quantitative estimate of drug-likeness (QED) is 0.551. The number of nitrogens with one attached hydrogen (secondary N) is 1. The molecule has 1 amide bonds. The molecular formula is C25H28ClN3O4S. The van der Waals surface area contributed by atoms with E-state index in [4.69, 9.17) is 11.6 Å². The minimum Gasteiger partial charge on any atom is -0.350 e. The zero-order valence-corrected chi connectivity index (χ0v) is 20.8. The molecule has 9 heteroatoms. The smallest absolute Gasteiger partial charge is 0.257 e. The molecule has 34 heavy (non-hydrogen) atoms. The lowest BCUT2D eigenvalue weighted by molar-refractivity contribution is 0.0949. The molecule has 3 aromatic rings. The first-order valence-electron chi connectivity index (χ1n) is 11.3. The summed E-state index contributed by atoms with van der Waals surface area (Å²) in [4.78, 5) is 26.1. The molecule has 0 radical (unpaired) electrons. The summed E-state index contributed by atoms with van der Waals surface area (Å²) in [7, 11) is -0.453. The van der Waals surface area contributed by atoms with E-state index in [0.29, 0.717) is 10.5 Å². The lowest BCUT2D eigenvalue weighted by Crippen LogP contribution is -2.38. The first-order valence-corrected chi connectivity index (χ1v) is 13.1. The molecule has 0 spiro atoms. The van der Waals surface area contributed by atoms with Gasteiger partial charge >= 0.3 is 0 Å². The van der Waals surface area contributed by atoms with E-state index in [2.05, 4.69) is 5.32 Å². The topological polar surface area (TPSA) is 88.5 Å². The van der Waals surface area contributed by atoms with Gasteiger partial charge in [-0.1, -0.05) is 49.1 Å². The Morgan fingerprint density at radius 2 is 1.85 bits per heavy atom. The van der Waals surface area contributed by atoms with Gasteiger partial charge in [0.05, 0.1) is 10.4 Å². The van der Waals surface area contributed by atoms with Crippen LogP contribution in [-0.4, -0.2) is 36.3 Å². The highest BCUT2D eigenvalue weighted by Gasteiger charge is 2.29. The maximum atomic E-state index is 13.3. The van der Waals surface area contributed by atoms with Crippen LogP contribution in [0.15, 0.2) is 58.4 Å². The second-order valence-electron chi connectivity index (χ2n) is 8.75. The fraction of sp³-hybridized carbons (Fsp3) is 0.360. The summed E-state index contributed by atoms with van der Waals surface area (Å²) in [5.41, 5.74) is 0.709. The summed E-state index contributed by atoms with van der Waals surface area (Å²) in [6.07, 6.45) is 6.28. The zero-order valence-electron chi connectivity index (χ0n) is 19.3. The maximum absolute atomic E-state index is 13.3. The van der Waals surface area contributed by atoms with Gasteiger partial charge in [0, 0.05) is 43.3 Å². The Hall–Kier alpha value is -2.68. The number of aryl methyl sites for hydroxylation is 1. The van der Waals surface area contributed by atoms with Crippen molar-refractivity contribution in [1.29, 1.82) is 0 Å².